The van der Waals surface area contributed by atoms with Gasteiger partial charge in [0.25, 0.3) is 0 Å². The van der Waals surface area contributed by atoms with E-state index >= 15 is 0 Å². The van der Waals surface area contributed by atoms with Crippen molar-refractivity contribution >= 4 is 11.6 Å². The van der Waals surface area contributed by atoms with Crippen molar-refractivity contribution in [2.24, 2.45) is 7.05 Å². The van der Waals surface area contributed by atoms with Gasteiger partial charge in [-0.1, -0.05) is 12.1 Å². The first-order chi connectivity index (χ1) is 9.15. The van der Waals surface area contributed by atoms with Crippen LogP contribution < -0.4 is 4.90 Å². The van der Waals surface area contributed by atoms with Gasteiger partial charge in [0, 0.05) is 38.0 Å². The maximum Gasteiger partial charge on any atom is 0.223 e. The van der Waals surface area contributed by atoms with Crippen LogP contribution in [0.25, 0.3) is 11.1 Å². The molecule has 1 aliphatic heterocycles. The van der Waals surface area contributed by atoms with Gasteiger partial charge in [-0.05, 0) is 30.0 Å². The fourth-order valence-electron chi connectivity index (χ4n) is 2.65. The van der Waals surface area contributed by atoms with Crippen molar-refractivity contribution in [1.82, 2.24) is 9.78 Å². The van der Waals surface area contributed by atoms with E-state index in [4.69, 9.17) is 0 Å². The van der Waals surface area contributed by atoms with Gasteiger partial charge in [-0.15, -0.1) is 0 Å². The van der Waals surface area contributed by atoms with E-state index in [1.54, 1.807) is 11.6 Å². The minimum atomic E-state index is 0.115. The number of carbonyl (C=O) groups excluding carboxylic acids is 1. The molecule has 98 valence electrons. The minimum Gasteiger partial charge on any atom is -0.312 e. The molecule has 0 N–H and O–H groups in total. The van der Waals surface area contributed by atoms with E-state index in [1.807, 2.05) is 24.3 Å². The minimum absolute atomic E-state index is 0.115. The highest BCUT2D eigenvalue weighted by Crippen LogP contribution is 2.32. The summed E-state index contributed by atoms with van der Waals surface area (Å²) in [5.74, 6) is 0.115. The van der Waals surface area contributed by atoms with Crippen LogP contribution in [0.2, 0.25) is 0 Å². The van der Waals surface area contributed by atoms with E-state index < -0.39 is 0 Å². The number of aromatic nitrogens is 2. The molecule has 4 heteroatoms. The van der Waals surface area contributed by atoms with E-state index in [0.29, 0.717) is 0 Å². The van der Waals surface area contributed by atoms with Crippen LogP contribution in [-0.2, 0) is 18.3 Å². The van der Waals surface area contributed by atoms with Crippen molar-refractivity contribution in [3.05, 3.63) is 36.2 Å². The predicted molar refractivity (Wildman–Crippen MR) is 75.0 cm³/mol. The molecular formula is C15H17N3O. The van der Waals surface area contributed by atoms with Crippen molar-refractivity contribution in [3.8, 4) is 11.1 Å². The molecule has 0 fully saturated rings. The molecule has 0 saturated heterocycles. The summed E-state index contributed by atoms with van der Waals surface area (Å²) < 4.78 is 1.79. The van der Waals surface area contributed by atoms with Gasteiger partial charge in [0.1, 0.15) is 0 Å². The number of rotatable bonds is 1. The summed E-state index contributed by atoms with van der Waals surface area (Å²) in [5, 5.41) is 4.20. The molecule has 2 heterocycles. The maximum absolute atomic E-state index is 11.7. The lowest BCUT2D eigenvalue weighted by molar-refractivity contribution is -0.116. The maximum atomic E-state index is 11.7. The molecule has 1 aliphatic rings. The van der Waals surface area contributed by atoms with Gasteiger partial charge in [-0.3, -0.25) is 9.48 Å². The van der Waals surface area contributed by atoms with Crippen molar-refractivity contribution in [2.45, 2.75) is 19.8 Å². The number of hydrogen-bond donors (Lipinski definition) is 0. The van der Waals surface area contributed by atoms with Gasteiger partial charge in [0.05, 0.1) is 6.20 Å². The highest BCUT2D eigenvalue weighted by atomic mass is 16.2. The Morgan fingerprint density at radius 2 is 2.16 bits per heavy atom. The van der Waals surface area contributed by atoms with Gasteiger partial charge in [0.2, 0.25) is 5.91 Å². The summed E-state index contributed by atoms with van der Waals surface area (Å²) in [6.07, 6.45) is 5.93. The Hall–Kier alpha value is -2.10. The Morgan fingerprint density at radius 3 is 2.84 bits per heavy atom. The van der Waals surface area contributed by atoms with Crippen LogP contribution in [0.4, 0.5) is 5.69 Å². The SMILES string of the molecule is CC(=O)N1CCCc2ccc(-c3cnn(C)c3)cc21. The highest BCUT2D eigenvalue weighted by Gasteiger charge is 2.20. The van der Waals surface area contributed by atoms with Crippen LogP contribution in [0.3, 0.4) is 0 Å². The number of benzene rings is 1. The first-order valence-electron chi connectivity index (χ1n) is 6.55. The second-order valence-electron chi connectivity index (χ2n) is 5.02. The van der Waals surface area contributed by atoms with Gasteiger partial charge < -0.3 is 4.90 Å². The molecule has 2 aromatic rings. The summed E-state index contributed by atoms with van der Waals surface area (Å²) in [7, 11) is 1.91. The quantitative estimate of drug-likeness (QED) is 0.784. The Bertz CT molecular complexity index is 630. The third-order valence-electron chi connectivity index (χ3n) is 3.62. The Labute approximate surface area is 112 Å². The number of carbonyl (C=O) groups is 1. The molecule has 1 amide bonds. The molecule has 0 atom stereocenters. The average Bonchev–Trinajstić information content (AvgIpc) is 2.84. The normalized spacial score (nSPS) is 14.3. The third kappa shape index (κ3) is 2.14. The number of anilines is 1. The number of fused-ring (bicyclic) bond motifs is 1. The van der Waals surface area contributed by atoms with Crippen molar-refractivity contribution < 1.29 is 4.79 Å². The summed E-state index contributed by atoms with van der Waals surface area (Å²) in [4.78, 5) is 13.6. The second-order valence-corrected chi connectivity index (χ2v) is 5.02. The van der Waals surface area contributed by atoms with Crippen LogP contribution in [-0.4, -0.2) is 22.2 Å². The first-order valence-corrected chi connectivity index (χ1v) is 6.55. The van der Waals surface area contributed by atoms with E-state index in [0.717, 1.165) is 36.2 Å². The topological polar surface area (TPSA) is 38.1 Å². The van der Waals surface area contributed by atoms with E-state index in [-0.39, 0.29) is 5.91 Å². The van der Waals surface area contributed by atoms with Gasteiger partial charge in [-0.2, -0.15) is 5.10 Å². The standard InChI is InChI=1S/C15H17N3O/c1-11(19)18-7-3-4-12-5-6-13(8-15(12)18)14-9-16-17(2)10-14/h5-6,8-10H,3-4,7H2,1-2H3. The monoisotopic (exact) mass is 255 g/mol. The van der Waals surface area contributed by atoms with Crippen molar-refractivity contribution in [2.75, 3.05) is 11.4 Å². The Morgan fingerprint density at radius 1 is 1.32 bits per heavy atom. The number of nitrogens with zero attached hydrogens (tertiary/aromatic N) is 3. The summed E-state index contributed by atoms with van der Waals surface area (Å²) in [5.41, 5.74) is 4.51. The molecule has 0 aliphatic carbocycles. The van der Waals surface area contributed by atoms with E-state index in [2.05, 4.69) is 23.3 Å². The van der Waals surface area contributed by atoms with Crippen LogP contribution in [0.5, 0.6) is 0 Å². The Kier molecular flexibility index (Phi) is 2.85. The number of aryl methyl sites for hydroxylation is 2. The van der Waals surface area contributed by atoms with Crippen LogP contribution >= 0.6 is 0 Å². The molecule has 3 rings (SSSR count). The van der Waals surface area contributed by atoms with Crippen LogP contribution in [0, 0.1) is 0 Å². The molecule has 0 unspecified atom stereocenters. The zero-order valence-electron chi connectivity index (χ0n) is 11.3. The molecule has 0 saturated carbocycles. The van der Waals surface area contributed by atoms with Gasteiger partial charge >= 0.3 is 0 Å². The van der Waals surface area contributed by atoms with Crippen LogP contribution in [0.1, 0.15) is 18.9 Å². The first kappa shape index (κ1) is 12.0. The summed E-state index contributed by atoms with van der Waals surface area (Å²) in [6.45, 7) is 2.45. The van der Waals surface area contributed by atoms with E-state index in [9.17, 15) is 4.79 Å². The van der Waals surface area contributed by atoms with Gasteiger partial charge in [-0.25, -0.2) is 0 Å². The average molecular weight is 255 g/mol. The molecule has 4 nitrogen and oxygen atoms in total. The van der Waals surface area contributed by atoms with Gasteiger partial charge in [0.15, 0.2) is 0 Å². The zero-order chi connectivity index (χ0) is 13.4. The zero-order valence-corrected chi connectivity index (χ0v) is 11.3. The summed E-state index contributed by atoms with van der Waals surface area (Å²) >= 11 is 0. The molecule has 19 heavy (non-hydrogen) atoms. The molecule has 0 bridgehead atoms. The lowest BCUT2D eigenvalue weighted by atomic mass is 9.98. The lowest BCUT2D eigenvalue weighted by Crippen LogP contribution is -2.33. The van der Waals surface area contributed by atoms with Crippen molar-refractivity contribution in [1.29, 1.82) is 0 Å². The molecule has 0 spiro atoms. The van der Waals surface area contributed by atoms with Crippen LogP contribution in [0.15, 0.2) is 30.6 Å². The number of amides is 1. The molecule has 0 radical (unpaired) electrons. The molecule has 1 aromatic heterocycles. The smallest absolute Gasteiger partial charge is 0.223 e. The predicted octanol–water partition coefficient (Wildman–Crippen LogP) is 2.39. The molecule has 1 aromatic carbocycles. The largest absolute Gasteiger partial charge is 0.312 e. The van der Waals surface area contributed by atoms with Crippen molar-refractivity contribution in [3.63, 3.8) is 0 Å². The highest BCUT2D eigenvalue weighted by molar-refractivity contribution is 5.93. The fourth-order valence-corrected chi connectivity index (χ4v) is 2.65. The second kappa shape index (κ2) is 4.53. The summed E-state index contributed by atoms with van der Waals surface area (Å²) in [6, 6.07) is 6.35. The third-order valence-corrected chi connectivity index (χ3v) is 3.62. The Balaban J connectivity index is 2.06. The molecular weight excluding hydrogens is 238 g/mol. The van der Waals surface area contributed by atoms with E-state index in [1.165, 1.54) is 5.56 Å². The lowest BCUT2D eigenvalue weighted by Gasteiger charge is -2.29. The number of hydrogen-bond acceptors (Lipinski definition) is 2. The fraction of sp³-hybridized carbons (Fsp3) is 0.333.